The van der Waals surface area contributed by atoms with Crippen molar-refractivity contribution in [3.8, 4) is 0 Å². The fourth-order valence-corrected chi connectivity index (χ4v) is 3.37. The Bertz CT molecular complexity index is 883. The van der Waals surface area contributed by atoms with Gasteiger partial charge in [0, 0.05) is 43.9 Å². The number of aliphatic hydroxyl groups excluding tert-OH is 1. The number of rotatable bonds is 3. The summed E-state index contributed by atoms with van der Waals surface area (Å²) < 4.78 is 3.70. The molecule has 0 fully saturated rings. The lowest BCUT2D eigenvalue weighted by atomic mass is 10.1. The highest BCUT2D eigenvalue weighted by molar-refractivity contribution is 5.47. The summed E-state index contributed by atoms with van der Waals surface area (Å²) in [4.78, 5) is 6.62. The number of pyridine rings is 1. The molecule has 0 amide bonds. The van der Waals surface area contributed by atoms with E-state index < -0.39 is 6.10 Å². The van der Waals surface area contributed by atoms with Crippen LogP contribution in [-0.4, -0.2) is 36.2 Å². The molecule has 130 valence electrons. The predicted octanol–water partition coefficient (Wildman–Crippen LogP) is 1.81. The number of nitrogens with zero attached hydrogens (tertiary/aromatic N) is 6. The van der Waals surface area contributed by atoms with Crippen molar-refractivity contribution in [2.24, 2.45) is 7.05 Å². The summed E-state index contributed by atoms with van der Waals surface area (Å²) >= 11 is 0. The molecule has 0 saturated carbocycles. The number of aryl methyl sites for hydroxylation is 3. The number of hydrogen-bond donors (Lipinski definition) is 1. The van der Waals surface area contributed by atoms with E-state index in [1.54, 1.807) is 10.9 Å². The molecule has 25 heavy (non-hydrogen) atoms. The van der Waals surface area contributed by atoms with Crippen LogP contribution in [0.15, 0.2) is 36.7 Å². The Labute approximate surface area is 146 Å². The van der Waals surface area contributed by atoms with Crippen molar-refractivity contribution >= 4 is 5.69 Å². The second-order valence-electron chi connectivity index (χ2n) is 6.50. The van der Waals surface area contributed by atoms with Gasteiger partial charge in [0.25, 0.3) is 0 Å². The number of aliphatic hydroxyl groups is 1. The number of hydrogen-bond acceptors (Lipinski definition) is 5. The van der Waals surface area contributed by atoms with Crippen molar-refractivity contribution in [2.45, 2.75) is 32.5 Å². The van der Waals surface area contributed by atoms with E-state index in [0.717, 1.165) is 43.1 Å². The zero-order chi connectivity index (χ0) is 17.4. The molecular formula is C18H22N6O. The Morgan fingerprint density at radius 3 is 2.80 bits per heavy atom. The topological polar surface area (TPSA) is 72.0 Å². The number of anilines is 1. The minimum absolute atomic E-state index is 0.673. The first kappa shape index (κ1) is 15.8. The first-order chi connectivity index (χ1) is 12.1. The van der Waals surface area contributed by atoms with Gasteiger partial charge in [-0.3, -0.25) is 14.3 Å². The molecule has 3 aromatic heterocycles. The summed E-state index contributed by atoms with van der Waals surface area (Å²) in [5, 5.41) is 19.4. The smallest absolute Gasteiger partial charge is 0.139 e. The highest BCUT2D eigenvalue weighted by Crippen LogP contribution is 2.25. The second kappa shape index (κ2) is 6.33. The van der Waals surface area contributed by atoms with E-state index in [1.165, 1.54) is 5.69 Å². The van der Waals surface area contributed by atoms with Gasteiger partial charge in [-0.2, -0.15) is 10.2 Å². The molecule has 1 unspecified atom stereocenters. The molecule has 0 bridgehead atoms. The summed E-state index contributed by atoms with van der Waals surface area (Å²) in [5.41, 5.74) is 4.72. The van der Waals surface area contributed by atoms with Crippen LogP contribution in [0, 0.1) is 6.92 Å². The third-order valence-corrected chi connectivity index (χ3v) is 4.70. The van der Waals surface area contributed by atoms with Gasteiger partial charge in [0.05, 0.1) is 23.6 Å². The Morgan fingerprint density at radius 2 is 2.04 bits per heavy atom. The number of fused-ring (bicyclic) bond motifs is 1. The minimum Gasteiger partial charge on any atom is -0.380 e. The van der Waals surface area contributed by atoms with E-state index in [1.807, 2.05) is 43.0 Å². The van der Waals surface area contributed by atoms with E-state index in [-0.39, 0.29) is 0 Å². The van der Waals surface area contributed by atoms with Crippen molar-refractivity contribution in [2.75, 3.05) is 11.4 Å². The highest BCUT2D eigenvalue weighted by atomic mass is 16.3. The van der Waals surface area contributed by atoms with E-state index >= 15 is 0 Å². The molecule has 4 rings (SSSR count). The Balaban J connectivity index is 1.62. The largest absolute Gasteiger partial charge is 0.380 e. The lowest BCUT2D eigenvalue weighted by Gasteiger charge is -2.22. The van der Waals surface area contributed by atoms with Gasteiger partial charge in [0.15, 0.2) is 0 Å². The van der Waals surface area contributed by atoms with Crippen molar-refractivity contribution in [3.05, 3.63) is 59.4 Å². The lowest BCUT2D eigenvalue weighted by Crippen LogP contribution is -2.22. The molecular weight excluding hydrogens is 316 g/mol. The van der Waals surface area contributed by atoms with Gasteiger partial charge in [-0.15, -0.1) is 0 Å². The van der Waals surface area contributed by atoms with Crippen molar-refractivity contribution < 1.29 is 5.11 Å². The fraction of sp³-hybridized carbons (Fsp3) is 0.389. The molecule has 4 heterocycles. The minimum atomic E-state index is -0.761. The first-order valence-corrected chi connectivity index (χ1v) is 8.52. The molecule has 7 nitrogen and oxygen atoms in total. The van der Waals surface area contributed by atoms with Gasteiger partial charge in [0.2, 0.25) is 0 Å². The van der Waals surface area contributed by atoms with Crippen LogP contribution in [0.4, 0.5) is 5.69 Å². The van der Waals surface area contributed by atoms with Crippen LogP contribution >= 0.6 is 0 Å². The van der Waals surface area contributed by atoms with E-state index in [9.17, 15) is 5.11 Å². The van der Waals surface area contributed by atoms with Crippen LogP contribution < -0.4 is 4.90 Å². The van der Waals surface area contributed by atoms with Gasteiger partial charge < -0.3 is 10.0 Å². The Kier molecular flexibility index (Phi) is 4.01. The number of aromatic nitrogens is 5. The molecule has 1 aliphatic rings. The van der Waals surface area contributed by atoms with Crippen LogP contribution in [0.25, 0.3) is 0 Å². The van der Waals surface area contributed by atoms with Crippen molar-refractivity contribution in [1.82, 2.24) is 24.5 Å². The maximum absolute atomic E-state index is 10.6. The van der Waals surface area contributed by atoms with Gasteiger partial charge in [-0.05, 0) is 37.6 Å². The van der Waals surface area contributed by atoms with Crippen LogP contribution in [0.1, 0.15) is 35.3 Å². The molecule has 0 saturated heterocycles. The summed E-state index contributed by atoms with van der Waals surface area (Å²) in [6, 6.07) is 7.98. The standard InChI is InChI=1S/C18H22N6O/c1-13-10-14(4-6-19-13)23-8-3-9-24-15(12-23)11-16(21-24)18(25)17-5-7-20-22(17)2/h4-7,10-11,18,25H,3,8-9,12H2,1-2H3. The third kappa shape index (κ3) is 3.02. The fourth-order valence-electron chi connectivity index (χ4n) is 3.37. The van der Waals surface area contributed by atoms with Crippen molar-refractivity contribution in [3.63, 3.8) is 0 Å². The quantitative estimate of drug-likeness (QED) is 0.789. The molecule has 0 aromatic carbocycles. The van der Waals surface area contributed by atoms with Crippen molar-refractivity contribution in [1.29, 1.82) is 0 Å². The second-order valence-corrected chi connectivity index (χ2v) is 6.50. The van der Waals surface area contributed by atoms with Crippen LogP contribution in [0.3, 0.4) is 0 Å². The molecule has 3 aromatic rings. The average molecular weight is 338 g/mol. The molecule has 0 aliphatic carbocycles. The zero-order valence-electron chi connectivity index (χ0n) is 14.5. The normalized spacial score (nSPS) is 15.7. The monoisotopic (exact) mass is 338 g/mol. The molecule has 7 heteroatoms. The summed E-state index contributed by atoms with van der Waals surface area (Å²) in [7, 11) is 1.83. The zero-order valence-corrected chi connectivity index (χ0v) is 14.5. The van der Waals surface area contributed by atoms with E-state index in [4.69, 9.17) is 0 Å². The molecule has 1 atom stereocenters. The Morgan fingerprint density at radius 1 is 1.16 bits per heavy atom. The summed E-state index contributed by atoms with van der Waals surface area (Å²) in [6.07, 6.45) is 3.79. The lowest BCUT2D eigenvalue weighted by molar-refractivity contribution is 0.203. The van der Waals surface area contributed by atoms with Crippen LogP contribution in [0.5, 0.6) is 0 Å². The predicted molar refractivity (Wildman–Crippen MR) is 94.1 cm³/mol. The van der Waals surface area contributed by atoms with Crippen LogP contribution in [-0.2, 0) is 20.1 Å². The van der Waals surface area contributed by atoms with Gasteiger partial charge in [-0.1, -0.05) is 0 Å². The highest BCUT2D eigenvalue weighted by Gasteiger charge is 2.22. The molecule has 1 aliphatic heterocycles. The molecule has 0 spiro atoms. The average Bonchev–Trinajstić information content (AvgIpc) is 3.15. The maximum atomic E-state index is 10.6. The Hall–Kier alpha value is -2.67. The van der Waals surface area contributed by atoms with E-state index in [2.05, 4.69) is 26.1 Å². The van der Waals surface area contributed by atoms with Gasteiger partial charge >= 0.3 is 0 Å². The maximum Gasteiger partial charge on any atom is 0.139 e. The van der Waals surface area contributed by atoms with E-state index in [0.29, 0.717) is 5.69 Å². The third-order valence-electron chi connectivity index (χ3n) is 4.70. The van der Waals surface area contributed by atoms with Gasteiger partial charge in [0.1, 0.15) is 6.10 Å². The molecule has 1 N–H and O–H groups in total. The summed E-state index contributed by atoms with van der Waals surface area (Å²) in [5.74, 6) is 0. The van der Waals surface area contributed by atoms with Crippen LogP contribution in [0.2, 0.25) is 0 Å². The SMILES string of the molecule is Cc1cc(N2CCCn3nc(C(O)c4ccnn4C)cc3C2)ccn1. The van der Waals surface area contributed by atoms with Gasteiger partial charge in [-0.25, -0.2) is 0 Å². The molecule has 0 radical (unpaired) electrons. The first-order valence-electron chi connectivity index (χ1n) is 8.52. The summed E-state index contributed by atoms with van der Waals surface area (Å²) in [6.45, 7) is 4.61.